The Balaban J connectivity index is 1.76. The van der Waals surface area contributed by atoms with Crippen molar-refractivity contribution in [3.63, 3.8) is 0 Å². The van der Waals surface area contributed by atoms with Crippen LogP contribution in [-0.2, 0) is 10.0 Å². The topological polar surface area (TPSA) is 75.3 Å². The third-order valence-corrected chi connectivity index (χ3v) is 5.96. The average molecular weight is 394 g/mol. The fourth-order valence-electron chi connectivity index (χ4n) is 2.84. The smallest absolute Gasteiger partial charge is 0.255 e. The molecule has 0 saturated heterocycles. The molecule has 0 saturated carbocycles. The summed E-state index contributed by atoms with van der Waals surface area (Å²) >= 11 is 0. The number of hydrogen-bond acceptors (Lipinski definition) is 3. The molecule has 1 amide bonds. The first-order valence-electron chi connectivity index (χ1n) is 8.91. The summed E-state index contributed by atoms with van der Waals surface area (Å²) in [6.07, 6.45) is 0. The molecule has 0 aliphatic rings. The average Bonchev–Trinajstić information content (AvgIpc) is 2.70. The summed E-state index contributed by atoms with van der Waals surface area (Å²) in [6.45, 7) is 3.56. The van der Waals surface area contributed by atoms with Gasteiger partial charge >= 0.3 is 0 Å². The van der Waals surface area contributed by atoms with Crippen molar-refractivity contribution in [3.05, 3.63) is 95.6 Å². The van der Waals surface area contributed by atoms with Gasteiger partial charge in [-0.25, -0.2) is 13.1 Å². The Bertz CT molecular complexity index is 1070. The van der Waals surface area contributed by atoms with Gasteiger partial charge in [0.05, 0.1) is 4.90 Å². The third kappa shape index (κ3) is 4.65. The lowest BCUT2D eigenvalue weighted by atomic mass is 10.1. The highest BCUT2D eigenvalue weighted by molar-refractivity contribution is 7.89. The van der Waals surface area contributed by atoms with E-state index in [9.17, 15) is 13.2 Å². The number of amides is 1. The van der Waals surface area contributed by atoms with Crippen molar-refractivity contribution in [3.8, 4) is 0 Å². The number of rotatable bonds is 6. The number of carbonyl (C=O) groups excluding carboxylic acids is 1. The lowest BCUT2D eigenvalue weighted by molar-refractivity contribution is 0.102. The van der Waals surface area contributed by atoms with Gasteiger partial charge in [0, 0.05) is 17.3 Å². The molecule has 2 N–H and O–H groups in total. The lowest BCUT2D eigenvalue weighted by Gasteiger charge is -2.16. The van der Waals surface area contributed by atoms with Crippen LogP contribution >= 0.6 is 0 Å². The first kappa shape index (κ1) is 19.8. The van der Waals surface area contributed by atoms with Crippen molar-refractivity contribution in [1.29, 1.82) is 0 Å². The van der Waals surface area contributed by atoms with Crippen molar-refractivity contribution in [1.82, 2.24) is 4.72 Å². The van der Waals surface area contributed by atoms with E-state index >= 15 is 0 Å². The summed E-state index contributed by atoms with van der Waals surface area (Å²) in [6, 6.07) is 22.5. The molecule has 28 heavy (non-hydrogen) atoms. The second-order valence-corrected chi connectivity index (χ2v) is 8.26. The van der Waals surface area contributed by atoms with Crippen LogP contribution in [0, 0.1) is 6.92 Å². The molecule has 0 heterocycles. The second kappa shape index (κ2) is 8.37. The highest BCUT2D eigenvalue weighted by Crippen LogP contribution is 2.22. The summed E-state index contributed by atoms with van der Waals surface area (Å²) in [4.78, 5) is 12.5. The third-order valence-electron chi connectivity index (χ3n) is 4.42. The van der Waals surface area contributed by atoms with Gasteiger partial charge in [0.1, 0.15) is 0 Å². The maximum Gasteiger partial charge on any atom is 0.255 e. The molecular weight excluding hydrogens is 372 g/mol. The van der Waals surface area contributed by atoms with E-state index in [2.05, 4.69) is 10.0 Å². The van der Waals surface area contributed by atoms with Gasteiger partial charge < -0.3 is 5.32 Å². The molecule has 0 fully saturated rings. The molecule has 3 aromatic carbocycles. The van der Waals surface area contributed by atoms with E-state index < -0.39 is 10.0 Å². The summed E-state index contributed by atoms with van der Waals surface area (Å²) in [5, 5.41) is 2.82. The van der Waals surface area contributed by atoms with Crippen LogP contribution in [0.3, 0.4) is 0 Å². The van der Waals surface area contributed by atoms with E-state index in [0.717, 1.165) is 5.56 Å². The molecule has 0 aliphatic heterocycles. The maximum atomic E-state index is 12.7. The van der Waals surface area contributed by atoms with Crippen molar-refractivity contribution in [2.75, 3.05) is 5.32 Å². The van der Waals surface area contributed by atoms with Crippen molar-refractivity contribution >= 4 is 21.6 Å². The zero-order valence-electron chi connectivity index (χ0n) is 15.7. The molecule has 0 spiro atoms. The first-order chi connectivity index (χ1) is 13.4. The Kier molecular flexibility index (Phi) is 5.92. The Morgan fingerprint density at radius 1 is 0.893 bits per heavy atom. The van der Waals surface area contributed by atoms with Crippen LogP contribution < -0.4 is 10.0 Å². The summed E-state index contributed by atoms with van der Waals surface area (Å²) in [7, 11) is -3.69. The van der Waals surface area contributed by atoms with Gasteiger partial charge in [0.15, 0.2) is 0 Å². The van der Waals surface area contributed by atoms with Crippen LogP contribution in [0.2, 0.25) is 0 Å². The minimum atomic E-state index is -3.69. The molecule has 3 aromatic rings. The van der Waals surface area contributed by atoms with Gasteiger partial charge in [-0.15, -0.1) is 0 Å². The Labute approximate surface area is 165 Å². The molecule has 0 bridgehead atoms. The number of benzene rings is 3. The molecule has 0 aromatic heterocycles. The zero-order valence-corrected chi connectivity index (χ0v) is 16.5. The number of anilines is 1. The molecule has 1 atom stereocenters. The highest BCUT2D eigenvalue weighted by Gasteiger charge is 2.19. The van der Waals surface area contributed by atoms with Gasteiger partial charge in [-0.05, 0) is 55.3 Å². The largest absolute Gasteiger partial charge is 0.322 e. The number of nitrogens with one attached hydrogen (secondary N) is 2. The quantitative estimate of drug-likeness (QED) is 0.655. The highest BCUT2D eigenvalue weighted by atomic mass is 32.2. The van der Waals surface area contributed by atoms with Gasteiger partial charge in [-0.1, -0.05) is 48.5 Å². The predicted octanol–water partition coefficient (Wildman–Crippen LogP) is 4.29. The number of carbonyl (C=O) groups is 1. The molecule has 0 unspecified atom stereocenters. The van der Waals surface area contributed by atoms with Gasteiger partial charge in [0.25, 0.3) is 5.91 Å². The number of hydrogen-bond donors (Lipinski definition) is 2. The normalized spacial score (nSPS) is 12.4. The van der Waals surface area contributed by atoms with Crippen molar-refractivity contribution in [2.45, 2.75) is 24.8 Å². The number of sulfonamides is 1. The fraction of sp³-hybridized carbons (Fsp3) is 0.136. The Hall–Kier alpha value is -2.96. The molecule has 144 valence electrons. The monoisotopic (exact) mass is 394 g/mol. The van der Waals surface area contributed by atoms with Gasteiger partial charge in [-0.2, -0.15) is 0 Å². The fourth-order valence-corrected chi connectivity index (χ4v) is 4.15. The standard InChI is InChI=1S/C22H22N2O3S/c1-16-15-20(28(26,27)24-17(2)18-9-5-3-6-10-18)13-14-21(16)23-22(25)19-11-7-4-8-12-19/h3-15,17,24H,1-2H3,(H,23,25)/t17-/m1/s1. The van der Waals surface area contributed by atoms with E-state index in [1.54, 1.807) is 50.2 Å². The van der Waals surface area contributed by atoms with E-state index in [1.807, 2.05) is 36.4 Å². The molecule has 5 nitrogen and oxygen atoms in total. The first-order valence-corrected chi connectivity index (χ1v) is 10.4. The Morgan fingerprint density at radius 3 is 2.11 bits per heavy atom. The zero-order chi connectivity index (χ0) is 20.1. The van der Waals surface area contributed by atoms with Crippen LogP contribution in [-0.4, -0.2) is 14.3 Å². The van der Waals surface area contributed by atoms with Crippen LogP contribution in [0.4, 0.5) is 5.69 Å². The van der Waals surface area contributed by atoms with E-state index in [1.165, 1.54) is 6.07 Å². The van der Waals surface area contributed by atoms with Crippen molar-refractivity contribution < 1.29 is 13.2 Å². The number of aryl methyl sites for hydroxylation is 1. The maximum absolute atomic E-state index is 12.7. The van der Waals surface area contributed by atoms with Crippen LogP contribution in [0.1, 0.15) is 34.5 Å². The van der Waals surface area contributed by atoms with E-state index in [4.69, 9.17) is 0 Å². The molecule has 6 heteroatoms. The Morgan fingerprint density at radius 2 is 1.50 bits per heavy atom. The van der Waals surface area contributed by atoms with Gasteiger partial charge in [0.2, 0.25) is 10.0 Å². The van der Waals surface area contributed by atoms with Crippen LogP contribution in [0.15, 0.2) is 83.8 Å². The van der Waals surface area contributed by atoms with Gasteiger partial charge in [-0.3, -0.25) is 4.79 Å². The summed E-state index contributed by atoms with van der Waals surface area (Å²) in [5.41, 5.74) is 2.66. The summed E-state index contributed by atoms with van der Waals surface area (Å²) in [5.74, 6) is -0.241. The minimum Gasteiger partial charge on any atom is -0.322 e. The SMILES string of the molecule is Cc1cc(S(=O)(=O)N[C@H](C)c2ccccc2)ccc1NC(=O)c1ccccc1. The molecule has 3 rings (SSSR count). The van der Waals surface area contributed by atoms with E-state index in [0.29, 0.717) is 16.8 Å². The van der Waals surface area contributed by atoms with Crippen LogP contribution in [0.5, 0.6) is 0 Å². The molecule has 0 radical (unpaired) electrons. The minimum absolute atomic E-state index is 0.158. The van der Waals surface area contributed by atoms with Crippen molar-refractivity contribution in [2.24, 2.45) is 0 Å². The summed E-state index contributed by atoms with van der Waals surface area (Å²) < 4.78 is 28.1. The molecule has 0 aliphatic carbocycles. The second-order valence-electron chi connectivity index (χ2n) is 6.55. The molecular formula is C22H22N2O3S. The van der Waals surface area contributed by atoms with E-state index in [-0.39, 0.29) is 16.8 Å². The van der Waals surface area contributed by atoms with Crippen LogP contribution in [0.25, 0.3) is 0 Å². The lowest BCUT2D eigenvalue weighted by Crippen LogP contribution is -2.27. The predicted molar refractivity (Wildman–Crippen MR) is 111 cm³/mol.